The van der Waals surface area contributed by atoms with Gasteiger partial charge in [-0.3, -0.25) is 0 Å². The maximum absolute atomic E-state index is 8.60. The van der Waals surface area contributed by atoms with Crippen LogP contribution in [0.2, 0.25) is 0 Å². The van der Waals surface area contributed by atoms with Gasteiger partial charge in [0.1, 0.15) is 0 Å². The summed E-state index contributed by atoms with van der Waals surface area (Å²) < 4.78 is 5.85. The van der Waals surface area contributed by atoms with Crippen LogP contribution in [0.25, 0.3) is 0 Å². The lowest BCUT2D eigenvalue weighted by molar-refractivity contribution is -0.00466. The van der Waals surface area contributed by atoms with Crippen LogP contribution < -0.4 is 0 Å². The zero-order valence-corrected chi connectivity index (χ0v) is 9.40. The van der Waals surface area contributed by atoms with E-state index in [9.17, 15) is 0 Å². The minimum Gasteiger partial charge on any atom is -0.396 e. The Bertz CT molecular complexity index is 148. The SMILES string of the molecule is CC1(C)CCC(CSCCCO)O1. The molecule has 1 fully saturated rings. The summed E-state index contributed by atoms with van der Waals surface area (Å²) in [6.45, 7) is 4.63. The zero-order valence-electron chi connectivity index (χ0n) is 8.58. The summed E-state index contributed by atoms with van der Waals surface area (Å²) in [5.41, 5.74) is 0.0994. The van der Waals surface area contributed by atoms with Gasteiger partial charge in [0.25, 0.3) is 0 Å². The van der Waals surface area contributed by atoms with Gasteiger partial charge in [-0.15, -0.1) is 0 Å². The number of thioether (sulfide) groups is 1. The highest BCUT2D eigenvalue weighted by Crippen LogP contribution is 2.30. The van der Waals surface area contributed by atoms with Crippen LogP contribution in [0.15, 0.2) is 0 Å². The van der Waals surface area contributed by atoms with Gasteiger partial charge < -0.3 is 9.84 Å². The molecule has 0 aliphatic carbocycles. The Balaban J connectivity index is 2.04. The summed E-state index contributed by atoms with van der Waals surface area (Å²) in [7, 11) is 0. The number of aliphatic hydroxyl groups excluding tert-OH is 1. The average Bonchev–Trinajstić information content (AvgIpc) is 2.40. The molecule has 0 saturated carbocycles. The predicted molar refractivity (Wildman–Crippen MR) is 57.2 cm³/mol. The first-order valence-electron chi connectivity index (χ1n) is 5.00. The second-order valence-corrected chi connectivity index (χ2v) is 5.34. The standard InChI is InChI=1S/C10H20O2S/c1-10(2)5-4-9(12-10)8-13-7-3-6-11/h9,11H,3-8H2,1-2H3. The molecule has 0 aromatic rings. The van der Waals surface area contributed by atoms with Crippen molar-refractivity contribution in [1.29, 1.82) is 0 Å². The van der Waals surface area contributed by atoms with E-state index < -0.39 is 0 Å². The van der Waals surface area contributed by atoms with Crippen molar-refractivity contribution in [3.8, 4) is 0 Å². The molecule has 1 atom stereocenters. The van der Waals surface area contributed by atoms with Gasteiger partial charge in [-0.1, -0.05) is 0 Å². The van der Waals surface area contributed by atoms with Crippen molar-refractivity contribution in [1.82, 2.24) is 0 Å². The first-order chi connectivity index (χ1) is 6.14. The molecule has 1 heterocycles. The lowest BCUT2D eigenvalue weighted by Gasteiger charge is -2.18. The van der Waals surface area contributed by atoms with Crippen molar-refractivity contribution in [3.63, 3.8) is 0 Å². The van der Waals surface area contributed by atoms with Crippen LogP contribution in [-0.4, -0.2) is 34.9 Å². The Labute approximate surface area is 85.0 Å². The monoisotopic (exact) mass is 204 g/mol. The first-order valence-corrected chi connectivity index (χ1v) is 6.16. The van der Waals surface area contributed by atoms with Crippen LogP contribution in [-0.2, 0) is 4.74 Å². The molecule has 0 radical (unpaired) electrons. The molecule has 0 bridgehead atoms. The van der Waals surface area contributed by atoms with Gasteiger partial charge in [-0.05, 0) is 38.9 Å². The summed E-state index contributed by atoms with van der Waals surface area (Å²) >= 11 is 1.89. The molecule has 78 valence electrons. The van der Waals surface area contributed by atoms with Gasteiger partial charge in [0, 0.05) is 12.4 Å². The number of hydrogen-bond acceptors (Lipinski definition) is 3. The van der Waals surface area contributed by atoms with Crippen LogP contribution in [0.5, 0.6) is 0 Å². The van der Waals surface area contributed by atoms with E-state index in [1.54, 1.807) is 0 Å². The largest absolute Gasteiger partial charge is 0.396 e. The third-order valence-electron chi connectivity index (χ3n) is 2.30. The van der Waals surface area contributed by atoms with E-state index in [1.165, 1.54) is 12.8 Å². The molecule has 1 aliphatic rings. The normalized spacial score (nSPS) is 26.5. The Kier molecular flexibility index (Phi) is 4.56. The highest BCUT2D eigenvalue weighted by molar-refractivity contribution is 7.99. The zero-order chi connectivity index (χ0) is 9.73. The van der Waals surface area contributed by atoms with E-state index in [-0.39, 0.29) is 5.60 Å². The van der Waals surface area contributed by atoms with E-state index in [4.69, 9.17) is 9.84 Å². The van der Waals surface area contributed by atoms with Crippen molar-refractivity contribution in [2.75, 3.05) is 18.1 Å². The maximum atomic E-state index is 8.60. The molecule has 0 spiro atoms. The van der Waals surface area contributed by atoms with Gasteiger partial charge >= 0.3 is 0 Å². The van der Waals surface area contributed by atoms with Crippen molar-refractivity contribution in [2.45, 2.75) is 44.8 Å². The van der Waals surface area contributed by atoms with E-state index in [1.807, 2.05) is 11.8 Å². The number of rotatable bonds is 5. The summed E-state index contributed by atoms with van der Waals surface area (Å²) in [6, 6.07) is 0. The molecule has 1 N–H and O–H groups in total. The molecule has 1 aliphatic heterocycles. The summed E-state index contributed by atoms with van der Waals surface area (Å²) in [5, 5.41) is 8.60. The molecule has 1 unspecified atom stereocenters. The lowest BCUT2D eigenvalue weighted by atomic mass is 10.1. The molecule has 0 amide bonds. The molecule has 2 nitrogen and oxygen atoms in total. The minimum atomic E-state index is 0.0994. The Hall–Kier alpha value is 0.270. The smallest absolute Gasteiger partial charge is 0.0673 e. The van der Waals surface area contributed by atoms with E-state index in [2.05, 4.69) is 13.8 Å². The molecule has 0 aromatic heterocycles. The predicted octanol–water partition coefficient (Wildman–Crippen LogP) is 2.06. The lowest BCUT2D eigenvalue weighted by Crippen LogP contribution is -2.21. The first kappa shape index (κ1) is 11.3. The minimum absolute atomic E-state index is 0.0994. The molecule has 0 aromatic carbocycles. The van der Waals surface area contributed by atoms with E-state index >= 15 is 0 Å². The maximum Gasteiger partial charge on any atom is 0.0673 e. The Morgan fingerprint density at radius 3 is 2.85 bits per heavy atom. The van der Waals surface area contributed by atoms with Crippen LogP contribution >= 0.6 is 11.8 Å². The van der Waals surface area contributed by atoms with Crippen molar-refractivity contribution >= 4 is 11.8 Å². The molecular formula is C10H20O2S. The fourth-order valence-electron chi connectivity index (χ4n) is 1.58. The van der Waals surface area contributed by atoms with Crippen LogP contribution in [0.3, 0.4) is 0 Å². The van der Waals surface area contributed by atoms with Gasteiger partial charge in [0.2, 0.25) is 0 Å². The second kappa shape index (κ2) is 5.23. The summed E-state index contributed by atoms with van der Waals surface area (Å²) in [5.74, 6) is 2.14. The van der Waals surface area contributed by atoms with E-state index in [0.29, 0.717) is 12.7 Å². The molecule has 1 rings (SSSR count). The fourth-order valence-corrected chi connectivity index (χ4v) is 2.57. The quantitative estimate of drug-likeness (QED) is 0.695. The van der Waals surface area contributed by atoms with Gasteiger partial charge in [-0.25, -0.2) is 0 Å². The fraction of sp³-hybridized carbons (Fsp3) is 1.00. The molecule has 1 saturated heterocycles. The van der Waals surface area contributed by atoms with Crippen molar-refractivity contribution in [3.05, 3.63) is 0 Å². The average molecular weight is 204 g/mol. The Morgan fingerprint density at radius 1 is 1.54 bits per heavy atom. The van der Waals surface area contributed by atoms with Crippen molar-refractivity contribution in [2.24, 2.45) is 0 Å². The van der Waals surface area contributed by atoms with Crippen LogP contribution in [0.1, 0.15) is 33.1 Å². The number of ether oxygens (including phenoxy) is 1. The van der Waals surface area contributed by atoms with E-state index in [0.717, 1.165) is 17.9 Å². The Morgan fingerprint density at radius 2 is 2.31 bits per heavy atom. The van der Waals surface area contributed by atoms with Gasteiger partial charge in [0.05, 0.1) is 11.7 Å². The number of hydrogen-bond donors (Lipinski definition) is 1. The summed E-state index contributed by atoms with van der Waals surface area (Å²) in [6.07, 6.45) is 3.72. The second-order valence-electron chi connectivity index (χ2n) is 4.19. The number of aliphatic hydroxyl groups is 1. The third-order valence-corrected chi connectivity index (χ3v) is 3.49. The third kappa shape index (κ3) is 4.34. The van der Waals surface area contributed by atoms with Crippen LogP contribution in [0, 0.1) is 0 Å². The van der Waals surface area contributed by atoms with Gasteiger partial charge in [-0.2, -0.15) is 11.8 Å². The molecule has 3 heteroatoms. The highest BCUT2D eigenvalue weighted by Gasteiger charge is 2.31. The van der Waals surface area contributed by atoms with Gasteiger partial charge in [0.15, 0.2) is 0 Å². The molecule has 13 heavy (non-hydrogen) atoms. The van der Waals surface area contributed by atoms with Crippen LogP contribution in [0.4, 0.5) is 0 Å². The van der Waals surface area contributed by atoms with Crippen molar-refractivity contribution < 1.29 is 9.84 Å². The topological polar surface area (TPSA) is 29.5 Å². The summed E-state index contributed by atoms with van der Waals surface area (Å²) in [4.78, 5) is 0. The highest BCUT2D eigenvalue weighted by atomic mass is 32.2. The molecular weight excluding hydrogens is 184 g/mol.